The monoisotopic (exact) mass is 325 g/mol. The normalized spacial score (nSPS) is 17.4. The summed E-state index contributed by atoms with van der Waals surface area (Å²) < 4.78 is 1.01. The largest absolute Gasteiger partial charge is 0.325 e. The van der Waals surface area contributed by atoms with E-state index < -0.39 is 0 Å². The van der Waals surface area contributed by atoms with Crippen molar-refractivity contribution < 1.29 is 4.79 Å². The third-order valence-corrected chi connectivity index (χ3v) is 3.94. The van der Waals surface area contributed by atoms with Gasteiger partial charge in [0.1, 0.15) is 0 Å². The molecule has 0 unspecified atom stereocenters. The summed E-state index contributed by atoms with van der Waals surface area (Å²) in [4.78, 5) is 16.6. The standard InChI is InChI=1S/C14H20BrN3O/c1-2-17-7-9-18(10-8-17)11-14(19)16-13-5-3-12(15)4-6-13/h3-6H,2,7-11H2,1H3,(H,16,19). The summed E-state index contributed by atoms with van der Waals surface area (Å²) in [5.41, 5.74) is 0.848. The number of likely N-dealkylation sites (N-methyl/N-ethyl adjacent to an activating group) is 1. The number of amides is 1. The third kappa shape index (κ3) is 4.60. The number of rotatable bonds is 4. The van der Waals surface area contributed by atoms with Gasteiger partial charge in [-0.25, -0.2) is 0 Å². The molecule has 1 heterocycles. The van der Waals surface area contributed by atoms with E-state index in [0.717, 1.165) is 42.9 Å². The number of nitrogens with zero attached hydrogens (tertiary/aromatic N) is 2. The molecule has 1 fully saturated rings. The van der Waals surface area contributed by atoms with E-state index >= 15 is 0 Å². The van der Waals surface area contributed by atoms with E-state index in [9.17, 15) is 4.79 Å². The smallest absolute Gasteiger partial charge is 0.238 e. The van der Waals surface area contributed by atoms with Crippen LogP contribution in [0.5, 0.6) is 0 Å². The quantitative estimate of drug-likeness (QED) is 0.920. The maximum atomic E-state index is 11.9. The Bertz CT molecular complexity index is 413. The second-order valence-electron chi connectivity index (χ2n) is 4.77. The summed E-state index contributed by atoms with van der Waals surface area (Å²) in [6.07, 6.45) is 0. The second-order valence-corrected chi connectivity index (χ2v) is 5.68. The van der Waals surface area contributed by atoms with E-state index in [-0.39, 0.29) is 5.91 Å². The molecule has 1 N–H and O–H groups in total. The molecule has 1 aliphatic rings. The SMILES string of the molecule is CCN1CCN(CC(=O)Nc2ccc(Br)cc2)CC1. The number of hydrogen-bond donors (Lipinski definition) is 1. The Morgan fingerprint density at radius 3 is 2.32 bits per heavy atom. The summed E-state index contributed by atoms with van der Waals surface area (Å²) in [5, 5.41) is 2.93. The van der Waals surface area contributed by atoms with Gasteiger partial charge < -0.3 is 10.2 Å². The van der Waals surface area contributed by atoms with Crippen LogP contribution in [0.3, 0.4) is 0 Å². The van der Waals surface area contributed by atoms with Crippen molar-refractivity contribution in [1.29, 1.82) is 0 Å². The van der Waals surface area contributed by atoms with Gasteiger partial charge >= 0.3 is 0 Å². The number of anilines is 1. The highest BCUT2D eigenvalue weighted by Gasteiger charge is 2.17. The Hall–Kier alpha value is -0.910. The molecular formula is C14H20BrN3O. The van der Waals surface area contributed by atoms with Crippen molar-refractivity contribution in [3.8, 4) is 0 Å². The summed E-state index contributed by atoms with van der Waals surface area (Å²) in [6, 6.07) is 7.65. The molecule has 5 heteroatoms. The Balaban J connectivity index is 1.77. The van der Waals surface area contributed by atoms with E-state index in [4.69, 9.17) is 0 Å². The van der Waals surface area contributed by atoms with Crippen molar-refractivity contribution in [2.24, 2.45) is 0 Å². The van der Waals surface area contributed by atoms with Crippen LogP contribution in [0.4, 0.5) is 5.69 Å². The maximum absolute atomic E-state index is 11.9. The van der Waals surface area contributed by atoms with Crippen LogP contribution in [0.2, 0.25) is 0 Å². The van der Waals surface area contributed by atoms with Gasteiger partial charge in [0.2, 0.25) is 5.91 Å². The van der Waals surface area contributed by atoms with E-state index in [1.54, 1.807) is 0 Å². The van der Waals surface area contributed by atoms with E-state index in [2.05, 4.69) is 38.0 Å². The zero-order valence-corrected chi connectivity index (χ0v) is 12.8. The topological polar surface area (TPSA) is 35.6 Å². The maximum Gasteiger partial charge on any atom is 0.238 e. The second kappa shape index (κ2) is 7.03. The van der Waals surface area contributed by atoms with Crippen molar-refractivity contribution in [2.45, 2.75) is 6.92 Å². The summed E-state index contributed by atoms with van der Waals surface area (Å²) in [6.45, 7) is 7.82. The average Bonchev–Trinajstić information content (AvgIpc) is 2.42. The first kappa shape index (κ1) is 14.5. The Labute approximate surface area is 122 Å². The van der Waals surface area contributed by atoms with Crippen LogP contribution < -0.4 is 5.32 Å². The molecule has 4 nitrogen and oxygen atoms in total. The lowest BCUT2D eigenvalue weighted by atomic mass is 10.3. The Morgan fingerprint density at radius 2 is 1.74 bits per heavy atom. The molecule has 1 aliphatic heterocycles. The number of nitrogens with one attached hydrogen (secondary N) is 1. The molecule has 1 aromatic carbocycles. The zero-order chi connectivity index (χ0) is 13.7. The molecule has 0 bridgehead atoms. The van der Waals surface area contributed by atoms with Gasteiger partial charge in [0.05, 0.1) is 6.54 Å². The fourth-order valence-electron chi connectivity index (χ4n) is 2.20. The van der Waals surface area contributed by atoms with Gasteiger partial charge in [-0.1, -0.05) is 22.9 Å². The van der Waals surface area contributed by atoms with Crippen molar-refractivity contribution in [3.63, 3.8) is 0 Å². The lowest BCUT2D eigenvalue weighted by Gasteiger charge is -2.33. The Morgan fingerprint density at radius 1 is 1.16 bits per heavy atom. The predicted octanol–water partition coefficient (Wildman–Crippen LogP) is 2.03. The van der Waals surface area contributed by atoms with Crippen LogP contribution in [-0.2, 0) is 4.79 Å². The number of benzene rings is 1. The molecule has 104 valence electrons. The summed E-state index contributed by atoms with van der Waals surface area (Å²) in [7, 11) is 0. The molecule has 1 saturated heterocycles. The lowest BCUT2D eigenvalue weighted by molar-refractivity contribution is -0.117. The van der Waals surface area contributed by atoms with Crippen LogP contribution in [0, 0.1) is 0 Å². The minimum Gasteiger partial charge on any atom is -0.325 e. The van der Waals surface area contributed by atoms with Gasteiger partial charge in [-0.15, -0.1) is 0 Å². The third-order valence-electron chi connectivity index (χ3n) is 3.41. The molecule has 2 rings (SSSR count). The number of hydrogen-bond acceptors (Lipinski definition) is 3. The highest BCUT2D eigenvalue weighted by molar-refractivity contribution is 9.10. The molecule has 1 amide bonds. The molecule has 0 aromatic heterocycles. The van der Waals surface area contributed by atoms with Crippen LogP contribution in [-0.4, -0.2) is 55.0 Å². The Kier molecular flexibility index (Phi) is 5.36. The number of halogens is 1. The first-order valence-corrected chi connectivity index (χ1v) is 7.47. The molecule has 1 aromatic rings. The van der Waals surface area contributed by atoms with Gasteiger partial charge in [0.15, 0.2) is 0 Å². The molecule has 0 radical (unpaired) electrons. The number of carbonyl (C=O) groups is 1. The highest BCUT2D eigenvalue weighted by atomic mass is 79.9. The summed E-state index contributed by atoms with van der Waals surface area (Å²) in [5.74, 6) is 0.0623. The van der Waals surface area contributed by atoms with E-state index in [1.165, 1.54) is 0 Å². The van der Waals surface area contributed by atoms with Crippen molar-refractivity contribution in [1.82, 2.24) is 9.80 Å². The van der Waals surface area contributed by atoms with Crippen LogP contribution in [0.25, 0.3) is 0 Å². The van der Waals surface area contributed by atoms with Gasteiger partial charge in [-0.2, -0.15) is 0 Å². The van der Waals surface area contributed by atoms with Crippen LogP contribution in [0.1, 0.15) is 6.92 Å². The van der Waals surface area contributed by atoms with Crippen molar-refractivity contribution in [3.05, 3.63) is 28.7 Å². The molecule has 19 heavy (non-hydrogen) atoms. The van der Waals surface area contributed by atoms with Crippen molar-refractivity contribution >= 4 is 27.5 Å². The molecule has 0 saturated carbocycles. The van der Waals surface area contributed by atoms with E-state index in [0.29, 0.717) is 6.54 Å². The number of piperazine rings is 1. The van der Waals surface area contributed by atoms with Gasteiger partial charge in [0.25, 0.3) is 0 Å². The molecule has 0 aliphatic carbocycles. The lowest BCUT2D eigenvalue weighted by Crippen LogP contribution is -2.48. The fourth-order valence-corrected chi connectivity index (χ4v) is 2.46. The highest BCUT2D eigenvalue weighted by Crippen LogP contribution is 2.14. The molecule has 0 atom stereocenters. The minimum atomic E-state index is 0.0623. The first-order valence-electron chi connectivity index (χ1n) is 6.67. The predicted molar refractivity (Wildman–Crippen MR) is 81.3 cm³/mol. The molecular weight excluding hydrogens is 306 g/mol. The van der Waals surface area contributed by atoms with Crippen molar-refractivity contribution in [2.75, 3.05) is 44.6 Å². The van der Waals surface area contributed by atoms with Gasteiger partial charge in [-0.05, 0) is 30.8 Å². The fraction of sp³-hybridized carbons (Fsp3) is 0.500. The van der Waals surface area contributed by atoms with E-state index in [1.807, 2.05) is 24.3 Å². The first-order chi connectivity index (χ1) is 9.17. The van der Waals surface area contributed by atoms with Gasteiger partial charge in [0, 0.05) is 36.3 Å². The molecule has 0 spiro atoms. The van der Waals surface area contributed by atoms with Crippen LogP contribution >= 0.6 is 15.9 Å². The number of carbonyl (C=O) groups excluding carboxylic acids is 1. The van der Waals surface area contributed by atoms with Crippen LogP contribution in [0.15, 0.2) is 28.7 Å². The van der Waals surface area contributed by atoms with Gasteiger partial charge in [-0.3, -0.25) is 9.69 Å². The minimum absolute atomic E-state index is 0.0623. The zero-order valence-electron chi connectivity index (χ0n) is 11.2. The average molecular weight is 326 g/mol. The summed E-state index contributed by atoms with van der Waals surface area (Å²) >= 11 is 3.38.